The van der Waals surface area contributed by atoms with Crippen molar-refractivity contribution in [3.05, 3.63) is 29.8 Å². The number of benzene rings is 1. The maximum atomic E-state index is 10.4. The zero-order chi connectivity index (χ0) is 14.5. The van der Waals surface area contributed by atoms with Crippen molar-refractivity contribution in [2.45, 2.75) is 43.7 Å². The highest BCUT2D eigenvalue weighted by atomic mass is 32.2. The number of nitrogens with two attached hydrogens (primary N) is 1. The molecule has 0 heterocycles. The van der Waals surface area contributed by atoms with E-state index < -0.39 is 10.1 Å². The second-order valence-corrected chi connectivity index (χ2v) is 6.16. The predicted molar refractivity (Wildman–Crippen MR) is 71.8 cm³/mol. The quantitative estimate of drug-likeness (QED) is 0.845. The fourth-order valence-corrected chi connectivity index (χ4v) is 1.70. The van der Waals surface area contributed by atoms with Crippen LogP contribution < -0.4 is 5.73 Å². The highest BCUT2D eigenvalue weighted by molar-refractivity contribution is 7.85. The molecule has 1 aliphatic rings. The van der Waals surface area contributed by atoms with Crippen molar-refractivity contribution in [1.82, 2.24) is 0 Å². The molecule has 0 aromatic heterocycles. The topological polar surface area (TPSA) is 92.5 Å². The van der Waals surface area contributed by atoms with E-state index in [4.69, 9.17) is 10.5 Å². The van der Waals surface area contributed by atoms with Crippen LogP contribution in [0, 0.1) is 6.92 Å². The zero-order valence-corrected chi connectivity index (χ0v) is 12.0. The minimum Gasteiger partial charge on any atom is -0.744 e. The zero-order valence-electron chi connectivity index (χ0n) is 11.2. The SMILES string of the molecule is CC(N)COC1CC1.Cc1ccc(S(=O)(=O)[O-])cc1. The summed E-state index contributed by atoms with van der Waals surface area (Å²) in [5.74, 6) is 0. The molecule has 1 atom stereocenters. The molecule has 0 amide bonds. The first-order chi connectivity index (χ1) is 8.79. The van der Waals surface area contributed by atoms with Gasteiger partial charge in [0.25, 0.3) is 0 Å². The largest absolute Gasteiger partial charge is 0.744 e. The molecule has 1 fully saturated rings. The van der Waals surface area contributed by atoms with Crippen molar-refractivity contribution in [1.29, 1.82) is 0 Å². The van der Waals surface area contributed by atoms with Gasteiger partial charge >= 0.3 is 0 Å². The van der Waals surface area contributed by atoms with Crippen LogP contribution in [0.1, 0.15) is 25.3 Å². The summed E-state index contributed by atoms with van der Waals surface area (Å²) in [6, 6.07) is 5.99. The van der Waals surface area contributed by atoms with E-state index in [1.54, 1.807) is 12.1 Å². The number of ether oxygens (including phenoxy) is 1. The Hall–Kier alpha value is -0.950. The second kappa shape index (κ2) is 7.00. The van der Waals surface area contributed by atoms with Gasteiger partial charge in [0.15, 0.2) is 0 Å². The van der Waals surface area contributed by atoms with Crippen molar-refractivity contribution in [2.24, 2.45) is 5.73 Å². The lowest BCUT2D eigenvalue weighted by Gasteiger charge is -2.05. The summed E-state index contributed by atoms with van der Waals surface area (Å²) in [7, 11) is -4.27. The van der Waals surface area contributed by atoms with Crippen LogP contribution in [-0.4, -0.2) is 31.7 Å². The molecule has 1 saturated carbocycles. The molecular weight excluding hydrogens is 266 g/mol. The van der Waals surface area contributed by atoms with Gasteiger partial charge in [0, 0.05) is 6.04 Å². The van der Waals surface area contributed by atoms with Gasteiger partial charge in [-0.05, 0) is 38.8 Å². The molecule has 1 unspecified atom stereocenters. The first-order valence-corrected chi connectivity index (χ1v) is 7.59. The molecule has 1 aromatic carbocycles. The summed E-state index contributed by atoms with van der Waals surface area (Å²) in [5, 5.41) is 0. The minimum absolute atomic E-state index is 0.178. The van der Waals surface area contributed by atoms with E-state index >= 15 is 0 Å². The third-order valence-electron chi connectivity index (χ3n) is 2.43. The Balaban J connectivity index is 0.000000200. The molecule has 0 bridgehead atoms. The lowest BCUT2D eigenvalue weighted by Crippen LogP contribution is -2.22. The first-order valence-electron chi connectivity index (χ1n) is 6.19. The maximum absolute atomic E-state index is 10.4. The van der Waals surface area contributed by atoms with Crippen LogP contribution in [0.5, 0.6) is 0 Å². The Kier molecular flexibility index (Phi) is 5.93. The second-order valence-electron chi connectivity index (χ2n) is 4.78. The Labute approximate surface area is 114 Å². The predicted octanol–water partition coefficient (Wildman–Crippen LogP) is 1.41. The Bertz CT molecular complexity index is 476. The highest BCUT2D eigenvalue weighted by Gasteiger charge is 2.21. The van der Waals surface area contributed by atoms with Crippen LogP contribution in [0.25, 0.3) is 0 Å². The van der Waals surface area contributed by atoms with Gasteiger partial charge in [0.2, 0.25) is 0 Å². The van der Waals surface area contributed by atoms with E-state index in [0.717, 1.165) is 12.2 Å². The van der Waals surface area contributed by atoms with Crippen LogP contribution in [0.2, 0.25) is 0 Å². The lowest BCUT2D eigenvalue weighted by atomic mass is 10.2. The molecule has 6 heteroatoms. The van der Waals surface area contributed by atoms with Crippen LogP contribution in [0.3, 0.4) is 0 Å². The molecule has 0 radical (unpaired) electrons. The van der Waals surface area contributed by atoms with Crippen molar-refractivity contribution in [2.75, 3.05) is 6.61 Å². The Morgan fingerprint density at radius 3 is 2.26 bits per heavy atom. The molecule has 0 aliphatic heterocycles. The summed E-state index contributed by atoms with van der Waals surface area (Å²) in [4.78, 5) is -0.178. The lowest BCUT2D eigenvalue weighted by molar-refractivity contribution is 0.110. The van der Waals surface area contributed by atoms with E-state index in [0.29, 0.717) is 6.10 Å². The van der Waals surface area contributed by atoms with Gasteiger partial charge in [-0.3, -0.25) is 0 Å². The van der Waals surface area contributed by atoms with Gasteiger partial charge < -0.3 is 15.0 Å². The van der Waals surface area contributed by atoms with Crippen molar-refractivity contribution in [3.63, 3.8) is 0 Å². The Morgan fingerprint density at radius 2 is 1.89 bits per heavy atom. The molecule has 1 aliphatic carbocycles. The van der Waals surface area contributed by atoms with E-state index in [1.807, 2.05) is 13.8 Å². The van der Waals surface area contributed by atoms with E-state index in [2.05, 4.69) is 0 Å². The fourth-order valence-electron chi connectivity index (χ4n) is 1.23. The normalized spacial score (nSPS) is 16.4. The third-order valence-corrected chi connectivity index (χ3v) is 3.28. The summed E-state index contributed by atoms with van der Waals surface area (Å²) >= 11 is 0. The molecule has 2 N–H and O–H groups in total. The molecule has 19 heavy (non-hydrogen) atoms. The van der Waals surface area contributed by atoms with E-state index in [1.165, 1.54) is 25.0 Å². The van der Waals surface area contributed by atoms with Crippen LogP contribution in [0.15, 0.2) is 29.2 Å². The molecule has 108 valence electrons. The molecule has 1 aromatic rings. The van der Waals surface area contributed by atoms with Crippen molar-refractivity contribution < 1.29 is 17.7 Å². The number of aryl methyl sites for hydroxylation is 1. The van der Waals surface area contributed by atoms with Crippen molar-refractivity contribution >= 4 is 10.1 Å². The molecule has 0 saturated heterocycles. The van der Waals surface area contributed by atoms with Crippen LogP contribution >= 0.6 is 0 Å². The number of rotatable bonds is 4. The number of hydrogen-bond donors (Lipinski definition) is 1. The summed E-state index contributed by atoms with van der Waals surface area (Å²) in [6.45, 7) is 4.51. The van der Waals surface area contributed by atoms with Crippen LogP contribution in [0.4, 0.5) is 0 Å². The van der Waals surface area contributed by atoms with Gasteiger partial charge in [-0.25, -0.2) is 8.42 Å². The van der Waals surface area contributed by atoms with Gasteiger partial charge in [-0.1, -0.05) is 17.7 Å². The summed E-state index contributed by atoms with van der Waals surface area (Å²) in [6.07, 6.45) is 3.04. The average molecular weight is 286 g/mol. The van der Waals surface area contributed by atoms with Gasteiger partial charge in [0.1, 0.15) is 10.1 Å². The fraction of sp³-hybridized carbons (Fsp3) is 0.538. The molecule has 2 rings (SSSR count). The first kappa shape index (κ1) is 16.1. The maximum Gasteiger partial charge on any atom is 0.124 e. The average Bonchev–Trinajstić information content (AvgIpc) is 3.10. The monoisotopic (exact) mass is 286 g/mol. The van der Waals surface area contributed by atoms with E-state index in [9.17, 15) is 13.0 Å². The van der Waals surface area contributed by atoms with Gasteiger partial charge in [-0.15, -0.1) is 0 Å². The minimum atomic E-state index is -4.27. The molecule has 0 spiro atoms. The molecular formula is C13H20NO4S-. The van der Waals surface area contributed by atoms with E-state index in [-0.39, 0.29) is 10.9 Å². The third kappa shape index (κ3) is 7.27. The van der Waals surface area contributed by atoms with Gasteiger partial charge in [0.05, 0.1) is 17.6 Å². The summed E-state index contributed by atoms with van der Waals surface area (Å²) < 4.78 is 36.5. The standard InChI is InChI=1S/C7H8O3S.C6H13NO/c1-6-2-4-7(5-3-6)11(8,9)10;1-5(7)4-8-6-2-3-6/h2-5H,1H3,(H,8,9,10);5-6H,2-4,7H2,1H3/p-1. The van der Waals surface area contributed by atoms with Crippen molar-refractivity contribution in [3.8, 4) is 0 Å². The Morgan fingerprint density at radius 1 is 1.37 bits per heavy atom. The van der Waals surface area contributed by atoms with Crippen LogP contribution in [-0.2, 0) is 14.9 Å². The smallest absolute Gasteiger partial charge is 0.124 e. The highest BCUT2D eigenvalue weighted by Crippen LogP contribution is 2.23. The number of hydrogen-bond acceptors (Lipinski definition) is 5. The summed E-state index contributed by atoms with van der Waals surface area (Å²) in [5.41, 5.74) is 6.37. The van der Waals surface area contributed by atoms with Gasteiger partial charge in [-0.2, -0.15) is 0 Å². The molecule has 5 nitrogen and oxygen atoms in total.